The molecule has 1 aliphatic rings. The van der Waals surface area contributed by atoms with Gasteiger partial charge in [-0.05, 0) is 33.2 Å². The van der Waals surface area contributed by atoms with Gasteiger partial charge in [-0.1, -0.05) is 0 Å². The first-order valence-electron chi connectivity index (χ1n) is 5.95. The molecule has 16 heavy (non-hydrogen) atoms. The highest BCUT2D eigenvalue weighted by molar-refractivity contribution is 4.90. The van der Waals surface area contributed by atoms with E-state index in [1.165, 1.54) is 6.42 Å². The summed E-state index contributed by atoms with van der Waals surface area (Å²) in [6.07, 6.45) is 3.87. The molecule has 1 N–H and O–H groups in total. The zero-order valence-corrected chi connectivity index (χ0v) is 10.0. The van der Waals surface area contributed by atoms with E-state index in [9.17, 15) is 5.11 Å². The molecule has 1 aliphatic heterocycles. The Morgan fingerprint density at radius 2 is 2.38 bits per heavy atom. The minimum absolute atomic E-state index is 0.246. The van der Waals surface area contributed by atoms with E-state index in [-0.39, 0.29) is 6.61 Å². The van der Waals surface area contributed by atoms with E-state index >= 15 is 0 Å². The average Bonchev–Trinajstić information content (AvgIpc) is 2.86. The van der Waals surface area contributed by atoms with Gasteiger partial charge < -0.3 is 5.11 Å². The fourth-order valence-electron chi connectivity index (χ4n) is 2.31. The van der Waals surface area contributed by atoms with Crippen molar-refractivity contribution >= 4 is 0 Å². The van der Waals surface area contributed by atoms with Gasteiger partial charge in [-0.2, -0.15) is 5.10 Å². The molecule has 1 atom stereocenters. The molecule has 1 fully saturated rings. The highest BCUT2D eigenvalue weighted by Crippen LogP contribution is 2.19. The number of likely N-dealkylation sites (tertiary alicyclic amines) is 1. The molecule has 0 spiro atoms. The lowest BCUT2D eigenvalue weighted by atomic mass is 10.2. The van der Waals surface area contributed by atoms with Crippen LogP contribution in [0.3, 0.4) is 0 Å². The quantitative estimate of drug-likeness (QED) is 0.822. The van der Waals surface area contributed by atoms with Gasteiger partial charge in [0.1, 0.15) is 12.2 Å². The Kier molecular flexibility index (Phi) is 3.56. The van der Waals surface area contributed by atoms with Crippen LogP contribution >= 0.6 is 0 Å². The third-order valence-corrected chi connectivity index (χ3v) is 3.19. The third-order valence-electron chi connectivity index (χ3n) is 3.19. The minimum atomic E-state index is 0.246. The fourth-order valence-corrected chi connectivity index (χ4v) is 2.31. The van der Waals surface area contributed by atoms with Crippen molar-refractivity contribution in [3.8, 4) is 0 Å². The Bertz CT molecular complexity index is 336. The van der Waals surface area contributed by atoms with Crippen molar-refractivity contribution in [2.24, 2.45) is 0 Å². The molecular weight excluding hydrogens is 204 g/mol. The summed E-state index contributed by atoms with van der Waals surface area (Å²) in [4.78, 5) is 6.59. The molecule has 1 saturated heterocycles. The Labute approximate surface area is 96.1 Å². The Hall–Kier alpha value is -0.940. The normalized spacial score (nSPS) is 22.1. The van der Waals surface area contributed by atoms with Gasteiger partial charge in [-0.25, -0.2) is 9.67 Å². The molecular formula is C11H20N4O. The van der Waals surface area contributed by atoms with E-state index in [0.29, 0.717) is 12.1 Å². The summed E-state index contributed by atoms with van der Waals surface area (Å²) >= 11 is 0. The molecule has 1 aromatic heterocycles. The second-order valence-corrected chi connectivity index (χ2v) is 4.66. The highest BCUT2D eigenvalue weighted by Gasteiger charge is 2.25. The average molecular weight is 224 g/mol. The van der Waals surface area contributed by atoms with Crippen molar-refractivity contribution < 1.29 is 5.11 Å². The first-order valence-corrected chi connectivity index (χ1v) is 5.95. The van der Waals surface area contributed by atoms with E-state index in [1.807, 2.05) is 4.68 Å². The van der Waals surface area contributed by atoms with Gasteiger partial charge in [0.2, 0.25) is 0 Å². The van der Waals surface area contributed by atoms with Crippen molar-refractivity contribution in [1.29, 1.82) is 0 Å². The summed E-state index contributed by atoms with van der Waals surface area (Å²) in [6, 6.07) is 0.644. The van der Waals surface area contributed by atoms with Gasteiger partial charge in [-0.3, -0.25) is 4.90 Å². The number of nitrogens with zero attached hydrogens (tertiary/aromatic N) is 4. The maximum absolute atomic E-state index is 9.26. The smallest absolute Gasteiger partial charge is 0.141 e. The van der Waals surface area contributed by atoms with Crippen LogP contribution < -0.4 is 0 Å². The second-order valence-electron chi connectivity index (χ2n) is 4.66. The summed E-state index contributed by atoms with van der Waals surface area (Å²) in [5, 5.41) is 13.5. The lowest BCUT2D eigenvalue weighted by Gasteiger charge is -2.22. The number of hydrogen-bond acceptors (Lipinski definition) is 4. The number of aromatic nitrogens is 3. The van der Waals surface area contributed by atoms with Crippen molar-refractivity contribution in [3.63, 3.8) is 0 Å². The van der Waals surface area contributed by atoms with Gasteiger partial charge in [0, 0.05) is 12.1 Å². The minimum Gasteiger partial charge on any atom is -0.395 e. The molecule has 90 valence electrons. The van der Waals surface area contributed by atoms with Crippen LogP contribution in [0.5, 0.6) is 0 Å². The molecule has 0 amide bonds. The first-order chi connectivity index (χ1) is 7.72. The van der Waals surface area contributed by atoms with E-state index in [1.54, 1.807) is 6.33 Å². The fraction of sp³-hybridized carbons (Fsp3) is 0.818. The molecule has 2 heterocycles. The SMILES string of the molecule is CC(C)n1ncnc1CN1CCC[C@@H]1CO. The molecule has 0 aliphatic carbocycles. The summed E-state index contributed by atoms with van der Waals surface area (Å²) in [5.41, 5.74) is 0. The summed E-state index contributed by atoms with van der Waals surface area (Å²) in [5.74, 6) is 0.996. The number of hydrogen-bond donors (Lipinski definition) is 1. The summed E-state index contributed by atoms with van der Waals surface area (Å²) < 4.78 is 1.95. The van der Waals surface area contributed by atoms with Crippen molar-refractivity contribution in [2.45, 2.75) is 45.3 Å². The van der Waals surface area contributed by atoms with E-state index in [2.05, 4.69) is 28.8 Å². The Morgan fingerprint density at radius 1 is 1.56 bits per heavy atom. The van der Waals surface area contributed by atoms with Gasteiger partial charge in [0.15, 0.2) is 0 Å². The molecule has 2 rings (SSSR count). The molecule has 0 bridgehead atoms. The zero-order valence-electron chi connectivity index (χ0n) is 10.0. The van der Waals surface area contributed by atoms with Gasteiger partial charge in [0.05, 0.1) is 13.2 Å². The van der Waals surface area contributed by atoms with Crippen molar-refractivity contribution in [1.82, 2.24) is 19.7 Å². The predicted molar refractivity (Wildman–Crippen MR) is 60.9 cm³/mol. The second kappa shape index (κ2) is 4.93. The van der Waals surface area contributed by atoms with E-state index < -0.39 is 0 Å². The summed E-state index contributed by atoms with van der Waals surface area (Å²) in [6.45, 7) is 6.30. The van der Waals surface area contributed by atoms with Crippen LogP contribution in [0.4, 0.5) is 0 Å². The predicted octanol–water partition coefficient (Wildman–Crippen LogP) is 0.816. The van der Waals surface area contributed by atoms with E-state index in [0.717, 1.165) is 25.3 Å². The van der Waals surface area contributed by atoms with Gasteiger partial charge in [0.25, 0.3) is 0 Å². The molecule has 0 radical (unpaired) electrons. The van der Waals surface area contributed by atoms with Crippen LogP contribution in [-0.2, 0) is 6.54 Å². The highest BCUT2D eigenvalue weighted by atomic mass is 16.3. The van der Waals surface area contributed by atoms with Crippen molar-refractivity contribution in [2.75, 3.05) is 13.2 Å². The zero-order chi connectivity index (χ0) is 11.5. The largest absolute Gasteiger partial charge is 0.395 e. The molecule has 0 saturated carbocycles. The van der Waals surface area contributed by atoms with Crippen molar-refractivity contribution in [3.05, 3.63) is 12.2 Å². The van der Waals surface area contributed by atoms with E-state index in [4.69, 9.17) is 0 Å². The monoisotopic (exact) mass is 224 g/mol. The lowest BCUT2D eigenvalue weighted by Crippen LogP contribution is -2.33. The Morgan fingerprint density at radius 3 is 3.06 bits per heavy atom. The lowest BCUT2D eigenvalue weighted by molar-refractivity contribution is 0.149. The van der Waals surface area contributed by atoms with Crippen LogP contribution in [0.15, 0.2) is 6.33 Å². The topological polar surface area (TPSA) is 54.2 Å². The van der Waals surface area contributed by atoms with Crippen LogP contribution in [-0.4, -0.2) is 44.0 Å². The molecule has 0 unspecified atom stereocenters. The molecule has 5 heteroatoms. The molecule has 5 nitrogen and oxygen atoms in total. The number of aliphatic hydroxyl groups excluding tert-OH is 1. The van der Waals surface area contributed by atoms with Crippen LogP contribution in [0, 0.1) is 0 Å². The van der Waals surface area contributed by atoms with Crippen LogP contribution in [0.1, 0.15) is 38.6 Å². The van der Waals surface area contributed by atoms with Crippen LogP contribution in [0.2, 0.25) is 0 Å². The van der Waals surface area contributed by atoms with Gasteiger partial charge >= 0.3 is 0 Å². The van der Waals surface area contributed by atoms with Gasteiger partial charge in [-0.15, -0.1) is 0 Å². The third kappa shape index (κ3) is 2.25. The van der Waals surface area contributed by atoms with Crippen LogP contribution in [0.25, 0.3) is 0 Å². The molecule has 1 aromatic rings. The maximum atomic E-state index is 9.26. The standard InChI is InChI=1S/C11H20N4O/c1-9(2)15-11(12-8-13-15)6-14-5-3-4-10(14)7-16/h8-10,16H,3-7H2,1-2H3/t10-/m1/s1. The first kappa shape index (κ1) is 11.5. The summed E-state index contributed by atoms with van der Waals surface area (Å²) in [7, 11) is 0. The maximum Gasteiger partial charge on any atom is 0.141 e. The Balaban J connectivity index is 2.05. The number of aliphatic hydroxyl groups is 1. The molecule has 0 aromatic carbocycles. The number of rotatable bonds is 4.